The van der Waals surface area contributed by atoms with Crippen molar-refractivity contribution in [3.8, 4) is 5.88 Å². The van der Waals surface area contributed by atoms with Crippen LogP contribution < -0.4 is 15.6 Å². The number of hydrogen-bond donors (Lipinski definition) is 3. The number of nitrogens with zero attached hydrogens (tertiary/aromatic N) is 1. The zero-order valence-corrected chi connectivity index (χ0v) is 24.9. The molecule has 1 saturated carbocycles. The molecule has 43 heavy (non-hydrogen) atoms. The van der Waals surface area contributed by atoms with Gasteiger partial charge >= 0.3 is 0 Å². The number of amides is 1. The molecule has 1 aromatic heterocycles. The van der Waals surface area contributed by atoms with Crippen LogP contribution in [0, 0.1) is 28.5 Å². The number of carbonyl (C=O) groups is 1. The van der Waals surface area contributed by atoms with Gasteiger partial charge in [0, 0.05) is 30.0 Å². The van der Waals surface area contributed by atoms with Crippen molar-refractivity contribution in [2.75, 3.05) is 0 Å². The second-order valence-corrected chi connectivity index (χ2v) is 11.9. The smallest absolute Gasteiger partial charge is 0.252 e. The maximum atomic E-state index is 13.6. The maximum Gasteiger partial charge on any atom is 0.252 e. The highest BCUT2D eigenvalue weighted by Crippen LogP contribution is 2.56. The summed E-state index contributed by atoms with van der Waals surface area (Å²) >= 11 is 0. The Hall–Kier alpha value is -4.33. The lowest BCUT2D eigenvalue weighted by atomic mass is 9.65. The highest BCUT2D eigenvalue weighted by molar-refractivity contribution is 6.08. The van der Waals surface area contributed by atoms with E-state index in [4.69, 9.17) is 15.1 Å². The molecular weight excluding hydrogens is 543 g/mol. The predicted octanol–water partition coefficient (Wildman–Crippen LogP) is 7.34. The Morgan fingerprint density at radius 1 is 1.21 bits per heavy atom. The third-order valence-corrected chi connectivity index (χ3v) is 9.04. The Morgan fingerprint density at radius 2 is 1.95 bits per heavy atom. The van der Waals surface area contributed by atoms with Gasteiger partial charge in [-0.05, 0) is 86.3 Å². The molecule has 5 unspecified atom stereocenters. The topological polar surface area (TPSA) is 107 Å². The second-order valence-electron chi connectivity index (χ2n) is 11.9. The number of H-pyrrole nitrogens is 1. The largest absolute Gasteiger partial charge is 0.476 e. The molecular formula is C35H39FN4O3. The van der Waals surface area contributed by atoms with Crippen LogP contribution in [0.25, 0.3) is 0 Å². The lowest BCUT2D eigenvalue weighted by Gasteiger charge is -2.40. The fraction of sp³-hybridized carbons (Fsp3) is 0.371. The van der Waals surface area contributed by atoms with E-state index in [1.54, 1.807) is 18.2 Å². The first kappa shape index (κ1) is 30.1. The number of rotatable bonds is 10. The van der Waals surface area contributed by atoms with Crippen LogP contribution in [0.15, 0.2) is 88.2 Å². The van der Waals surface area contributed by atoms with Gasteiger partial charge in [0.1, 0.15) is 5.82 Å². The molecule has 1 amide bonds. The van der Waals surface area contributed by atoms with Gasteiger partial charge in [-0.15, -0.1) is 0 Å². The first-order valence-electron chi connectivity index (χ1n) is 15.0. The summed E-state index contributed by atoms with van der Waals surface area (Å²) < 4.78 is 19.2. The van der Waals surface area contributed by atoms with Gasteiger partial charge < -0.3 is 15.5 Å². The Bertz CT molecular complexity index is 1580. The van der Waals surface area contributed by atoms with Crippen LogP contribution in [-0.2, 0) is 0 Å². The minimum absolute atomic E-state index is 0.0991. The van der Waals surface area contributed by atoms with E-state index in [0.717, 1.165) is 37.0 Å². The van der Waals surface area contributed by atoms with Crippen molar-refractivity contribution < 1.29 is 13.9 Å². The van der Waals surface area contributed by atoms with Crippen LogP contribution in [0.5, 0.6) is 5.88 Å². The first-order valence-corrected chi connectivity index (χ1v) is 15.0. The van der Waals surface area contributed by atoms with Gasteiger partial charge in [0.2, 0.25) is 0 Å². The van der Waals surface area contributed by atoms with Gasteiger partial charge in [-0.25, -0.2) is 4.39 Å². The molecule has 5 atom stereocenters. The van der Waals surface area contributed by atoms with Gasteiger partial charge in [0.05, 0.1) is 23.4 Å². The molecule has 3 aromatic rings. The van der Waals surface area contributed by atoms with Gasteiger partial charge in [0.25, 0.3) is 11.5 Å². The van der Waals surface area contributed by atoms with Crippen molar-refractivity contribution in [3.63, 3.8) is 0 Å². The van der Waals surface area contributed by atoms with Crippen molar-refractivity contribution in [2.24, 2.45) is 22.2 Å². The normalized spacial score (nSPS) is 23.6. The van der Waals surface area contributed by atoms with Crippen molar-refractivity contribution in [1.82, 2.24) is 10.3 Å². The fourth-order valence-electron chi connectivity index (χ4n) is 6.38. The molecule has 0 spiro atoms. The number of fused-ring (bicyclic) bond motifs is 1. The minimum atomic E-state index is -0.390. The van der Waals surface area contributed by atoms with Crippen molar-refractivity contribution in [2.45, 2.75) is 65.0 Å². The van der Waals surface area contributed by atoms with Gasteiger partial charge in [-0.1, -0.05) is 49.8 Å². The summed E-state index contributed by atoms with van der Waals surface area (Å²) in [7, 11) is 0. The van der Waals surface area contributed by atoms with E-state index in [2.05, 4.69) is 23.3 Å². The SMILES string of the molecule is CCC(C)Oc1cc(C(=O)NC(CC2CCC3=CC(=Nc4ccc(F)cc4)C(C=N)CC32C)c2ccccc2)cc(=O)[nH]1. The molecule has 3 N–H and O–H groups in total. The zero-order chi connectivity index (χ0) is 30.6. The standard InChI is InChI=1S/C35H39FN4O3/c1-4-22(2)43-33-17-24(16-32(41)40-33)34(42)39-30(23-8-6-5-7-9-23)18-26-10-11-27-19-31(25(21-37)20-35(26,27)3)38-29-14-12-28(36)13-15-29/h5-9,12-17,19,21-22,25-26,30,37H,4,10-11,18,20H2,1-3H3,(H,39,42)(H,40,41). The summed E-state index contributed by atoms with van der Waals surface area (Å²) in [6.45, 7) is 6.16. The lowest BCUT2D eigenvalue weighted by Crippen LogP contribution is -2.37. The van der Waals surface area contributed by atoms with Crippen molar-refractivity contribution >= 4 is 23.5 Å². The predicted molar refractivity (Wildman–Crippen MR) is 168 cm³/mol. The van der Waals surface area contributed by atoms with Crippen molar-refractivity contribution in [1.29, 1.82) is 5.41 Å². The van der Waals surface area contributed by atoms with Gasteiger partial charge in [0.15, 0.2) is 5.88 Å². The van der Waals surface area contributed by atoms with Gasteiger partial charge in [-0.3, -0.25) is 19.6 Å². The minimum Gasteiger partial charge on any atom is -0.476 e. The molecule has 1 fully saturated rings. The summed E-state index contributed by atoms with van der Waals surface area (Å²) in [4.78, 5) is 33.4. The highest BCUT2D eigenvalue weighted by atomic mass is 19.1. The van der Waals surface area contributed by atoms with E-state index < -0.39 is 5.56 Å². The second kappa shape index (κ2) is 12.9. The van der Waals surface area contributed by atoms with E-state index in [-0.39, 0.29) is 52.6 Å². The molecule has 0 aliphatic heterocycles. The van der Waals surface area contributed by atoms with Crippen LogP contribution in [0.3, 0.4) is 0 Å². The summed E-state index contributed by atoms with van der Waals surface area (Å²) in [5, 5.41) is 11.4. The molecule has 224 valence electrons. The van der Waals surface area contributed by atoms with Crippen LogP contribution in [0.4, 0.5) is 10.1 Å². The maximum absolute atomic E-state index is 13.6. The molecule has 7 nitrogen and oxygen atoms in total. The number of carbonyl (C=O) groups excluding carboxylic acids is 1. The van der Waals surface area contributed by atoms with Crippen LogP contribution >= 0.6 is 0 Å². The molecule has 0 radical (unpaired) electrons. The van der Waals surface area contributed by atoms with Crippen LogP contribution in [0.1, 0.15) is 74.8 Å². The molecule has 8 heteroatoms. The Labute approximate surface area is 251 Å². The average molecular weight is 583 g/mol. The van der Waals surface area contributed by atoms with Crippen molar-refractivity contribution in [3.05, 3.63) is 106 Å². The molecule has 2 aromatic carbocycles. The summed E-state index contributed by atoms with van der Waals surface area (Å²) in [6, 6.07) is 18.6. The number of pyridine rings is 1. The summed E-state index contributed by atoms with van der Waals surface area (Å²) in [6.07, 6.45) is 7.57. The monoisotopic (exact) mass is 582 g/mol. The first-order chi connectivity index (χ1) is 20.7. The molecule has 2 aliphatic carbocycles. The number of aromatic nitrogens is 1. The average Bonchev–Trinajstić information content (AvgIpc) is 3.31. The van der Waals surface area contributed by atoms with E-state index in [9.17, 15) is 14.0 Å². The van der Waals surface area contributed by atoms with Crippen LogP contribution in [0.2, 0.25) is 0 Å². The van der Waals surface area contributed by atoms with E-state index in [1.165, 1.54) is 30.0 Å². The Balaban J connectivity index is 1.40. The molecule has 0 saturated heterocycles. The molecule has 5 rings (SSSR count). The summed E-state index contributed by atoms with van der Waals surface area (Å²) in [5.74, 6) is -0.270. The van der Waals surface area contributed by atoms with Crippen LogP contribution in [-0.4, -0.2) is 28.9 Å². The Morgan fingerprint density at radius 3 is 2.65 bits per heavy atom. The quantitative estimate of drug-likeness (QED) is 0.218. The van der Waals surface area contributed by atoms with E-state index in [1.807, 2.05) is 44.2 Å². The number of ether oxygens (including phenoxy) is 1. The van der Waals surface area contributed by atoms with Gasteiger partial charge in [-0.2, -0.15) is 0 Å². The van der Waals surface area contributed by atoms with E-state index in [0.29, 0.717) is 12.1 Å². The number of benzene rings is 2. The van der Waals surface area contributed by atoms with E-state index >= 15 is 0 Å². The molecule has 0 bridgehead atoms. The molecule has 1 heterocycles. The third-order valence-electron chi connectivity index (χ3n) is 9.04. The third kappa shape index (κ3) is 6.85. The lowest BCUT2D eigenvalue weighted by molar-refractivity contribution is 0.0920. The number of nitrogens with one attached hydrogen (secondary N) is 3. The zero-order valence-electron chi connectivity index (χ0n) is 24.9. The molecule has 2 aliphatic rings. The number of allylic oxidation sites excluding steroid dienone is 2. The number of halogens is 1. The number of aromatic amines is 1. The summed E-state index contributed by atoms with van der Waals surface area (Å²) in [5.41, 5.74) is 3.49. The highest BCUT2D eigenvalue weighted by Gasteiger charge is 2.47. The number of hydrogen-bond acceptors (Lipinski definition) is 5. The Kier molecular flexibility index (Phi) is 9.04. The fourth-order valence-corrected chi connectivity index (χ4v) is 6.38. The number of aliphatic imine (C=N–C) groups is 1.